The third kappa shape index (κ3) is 3.22. The molecule has 4 nitrogen and oxygen atoms in total. The summed E-state index contributed by atoms with van der Waals surface area (Å²) in [5, 5.41) is 0. The first kappa shape index (κ1) is 13.0. The summed E-state index contributed by atoms with van der Waals surface area (Å²) in [5.41, 5.74) is 0. The van der Waals surface area contributed by atoms with Gasteiger partial charge in [0.1, 0.15) is 12.1 Å². The minimum Gasteiger partial charge on any atom is -0.461 e. The summed E-state index contributed by atoms with van der Waals surface area (Å²) >= 11 is 0. The van der Waals surface area contributed by atoms with E-state index in [2.05, 4.69) is 0 Å². The molecular weight excluding hydrogens is 206 g/mol. The Morgan fingerprint density at radius 2 is 2.19 bits per heavy atom. The molecule has 0 unspecified atom stereocenters. The molecule has 0 heterocycles. The van der Waals surface area contributed by atoms with Gasteiger partial charge in [-0.05, 0) is 32.6 Å². The van der Waals surface area contributed by atoms with Crippen LogP contribution in [0.2, 0.25) is 0 Å². The second-order valence-electron chi connectivity index (χ2n) is 4.23. The van der Waals surface area contributed by atoms with Gasteiger partial charge >= 0.3 is 5.97 Å². The van der Waals surface area contributed by atoms with Crippen LogP contribution in [0.3, 0.4) is 0 Å². The molecule has 0 aliphatic heterocycles. The van der Waals surface area contributed by atoms with Crippen LogP contribution >= 0.6 is 0 Å². The third-order valence-electron chi connectivity index (χ3n) is 3.07. The van der Waals surface area contributed by atoms with Gasteiger partial charge in [0.2, 0.25) is 6.41 Å². The molecular formula is C12H21NO3. The molecule has 1 amide bonds. The predicted octanol–water partition coefficient (Wildman–Crippen LogP) is 1.73. The number of amides is 1. The van der Waals surface area contributed by atoms with Crippen LogP contribution in [0, 0.1) is 0 Å². The number of rotatable bonds is 7. The Labute approximate surface area is 96.9 Å². The highest BCUT2D eigenvalue weighted by atomic mass is 16.5. The van der Waals surface area contributed by atoms with Crippen molar-refractivity contribution in [1.82, 2.24) is 4.90 Å². The van der Waals surface area contributed by atoms with Crippen LogP contribution in [0.1, 0.15) is 46.0 Å². The number of ether oxygens (including phenoxy) is 1. The molecule has 0 N–H and O–H groups in total. The van der Waals surface area contributed by atoms with E-state index in [1.54, 1.807) is 0 Å². The standard InChI is InChI=1S/C12H21NO3/c1-3-6-11(13(4-2)9-14)12(15)16-10-7-5-8-10/h9-11H,3-8H2,1-2H3/t11-/m0/s1. The molecule has 0 aromatic rings. The van der Waals surface area contributed by atoms with Crippen LogP contribution in [-0.4, -0.2) is 36.0 Å². The van der Waals surface area contributed by atoms with E-state index in [9.17, 15) is 9.59 Å². The smallest absolute Gasteiger partial charge is 0.329 e. The van der Waals surface area contributed by atoms with Crippen LogP contribution in [-0.2, 0) is 14.3 Å². The molecule has 1 fully saturated rings. The molecule has 0 aromatic heterocycles. The SMILES string of the molecule is CCC[C@@H](C(=O)OC1CCC1)N(C=O)CC. The molecule has 4 heteroatoms. The van der Waals surface area contributed by atoms with Gasteiger partial charge in [-0.15, -0.1) is 0 Å². The van der Waals surface area contributed by atoms with Crippen LogP contribution in [0.4, 0.5) is 0 Å². The van der Waals surface area contributed by atoms with Gasteiger partial charge in [0.05, 0.1) is 0 Å². The Morgan fingerprint density at radius 1 is 1.50 bits per heavy atom. The second-order valence-corrected chi connectivity index (χ2v) is 4.23. The van der Waals surface area contributed by atoms with E-state index in [4.69, 9.17) is 4.74 Å². The summed E-state index contributed by atoms with van der Waals surface area (Å²) in [6, 6.07) is -0.395. The highest BCUT2D eigenvalue weighted by Gasteiger charge is 2.29. The fourth-order valence-electron chi connectivity index (χ4n) is 1.79. The normalized spacial score (nSPS) is 17.4. The van der Waals surface area contributed by atoms with Gasteiger partial charge < -0.3 is 9.64 Å². The molecule has 1 aliphatic carbocycles. The van der Waals surface area contributed by atoms with Gasteiger partial charge in [-0.3, -0.25) is 4.79 Å². The topological polar surface area (TPSA) is 46.6 Å². The number of likely N-dealkylation sites (N-methyl/N-ethyl adjacent to an activating group) is 1. The lowest BCUT2D eigenvalue weighted by molar-refractivity contribution is -0.161. The van der Waals surface area contributed by atoms with Crippen molar-refractivity contribution in [2.45, 2.75) is 58.1 Å². The minimum absolute atomic E-state index is 0.0946. The molecule has 0 radical (unpaired) electrons. The van der Waals surface area contributed by atoms with E-state index < -0.39 is 6.04 Å². The van der Waals surface area contributed by atoms with Crippen molar-refractivity contribution in [2.75, 3.05) is 6.54 Å². The maximum Gasteiger partial charge on any atom is 0.329 e. The van der Waals surface area contributed by atoms with Crippen molar-refractivity contribution >= 4 is 12.4 Å². The first-order valence-corrected chi connectivity index (χ1v) is 6.14. The Balaban J connectivity index is 2.52. The predicted molar refractivity (Wildman–Crippen MR) is 60.9 cm³/mol. The lowest BCUT2D eigenvalue weighted by atomic mass is 9.96. The number of esters is 1. The highest BCUT2D eigenvalue weighted by Crippen LogP contribution is 2.23. The molecule has 1 atom stereocenters. The number of carbonyl (C=O) groups excluding carboxylic acids is 2. The fourth-order valence-corrected chi connectivity index (χ4v) is 1.79. The van der Waals surface area contributed by atoms with Gasteiger partial charge in [-0.2, -0.15) is 0 Å². The molecule has 1 aliphatic rings. The van der Waals surface area contributed by atoms with Gasteiger partial charge in [0.25, 0.3) is 0 Å². The van der Waals surface area contributed by atoms with Crippen molar-refractivity contribution in [3.8, 4) is 0 Å². The molecule has 92 valence electrons. The van der Waals surface area contributed by atoms with Gasteiger partial charge in [-0.1, -0.05) is 13.3 Å². The second kappa shape index (κ2) is 6.51. The summed E-state index contributed by atoms with van der Waals surface area (Å²) in [7, 11) is 0. The highest BCUT2D eigenvalue weighted by molar-refractivity contribution is 5.78. The summed E-state index contributed by atoms with van der Waals surface area (Å²) in [4.78, 5) is 24.2. The number of hydrogen-bond donors (Lipinski definition) is 0. The number of hydrogen-bond acceptors (Lipinski definition) is 3. The van der Waals surface area contributed by atoms with E-state index in [1.165, 1.54) is 4.90 Å². The lowest BCUT2D eigenvalue weighted by Crippen LogP contribution is -2.43. The van der Waals surface area contributed by atoms with E-state index in [1.807, 2.05) is 13.8 Å². The van der Waals surface area contributed by atoms with Crippen LogP contribution < -0.4 is 0 Å². The summed E-state index contributed by atoms with van der Waals surface area (Å²) < 4.78 is 5.35. The van der Waals surface area contributed by atoms with E-state index >= 15 is 0 Å². The average molecular weight is 227 g/mol. The quantitative estimate of drug-likeness (QED) is 0.491. The molecule has 1 saturated carbocycles. The van der Waals surface area contributed by atoms with Crippen molar-refractivity contribution in [2.24, 2.45) is 0 Å². The summed E-state index contributed by atoms with van der Waals surface area (Å²) in [5.74, 6) is -0.236. The summed E-state index contributed by atoms with van der Waals surface area (Å²) in [6.45, 7) is 4.42. The monoisotopic (exact) mass is 227 g/mol. The lowest BCUT2D eigenvalue weighted by Gasteiger charge is -2.30. The Kier molecular flexibility index (Phi) is 5.29. The molecule has 16 heavy (non-hydrogen) atoms. The Bertz CT molecular complexity index is 238. The van der Waals surface area contributed by atoms with Crippen molar-refractivity contribution in [3.05, 3.63) is 0 Å². The molecule has 1 rings (SSSR count). The van der Waals surface area contributed by atoms with Crippen molar-refractivity contribution in [1.29, 1.82) is 0 Å². The Hall–Kier alpha value is -1.06. The van der Waals surface area contributed by atoms with Gasteiger partial charge in [0, 0.05) is 6.54 Å². The molecule has 0 spiro atoms. The fraction of sp³-hybridized carbons (Fsp3) is 0.833. The first-order chi connectivity index (χ1) is 7.72. The average Bonchev–Trinajstić information content (AvgIpc) is 2.23. The Morgan fingerprint density at radius 3 is 2.56 bits per heavy atom. The van der Waals surface area contributed by atoms with Crippen LogP contribution in [0.15, 0.2) is 0 Å². The third-order valence-corrected chi connectivity index (χ3v) is 3.07. The molecule has 0 aromatic carbocycles. The number of nitrogens with zero attached hydrogens (tertiary/aromatic N) is 1. The van der Waals surface area contributed by atoms with E-state index in [0.29, 0.717) is 13.0 Å². The van der Waals surface area contributed by atoms with Crippen LogP contribution in [0.25, 0.3) is 0 Å². The molecule has 0 bridgehead atoms. The van der Waals surface area contributed by atoms with Gasteiger partial charge in [0.15, 0.2) is 0 Å². The van der Waals surface area contributed by atoms with Gasteiger partial charge in [-0.25, -0.2) is 4.79 Å². The zero-order valence-electron chi connectivity index (χ0n) is 10.1. The van der Waals surface area contributed by atoms with Crippen molar-refractivity contribution < 1.29 is 14.3 Å². The van der Waals surface area contributed by atoms with Crippen molar-refractivity contribution in [3.63, 3.8) is 0 Å². The maximum absolute atomic E-state index is 11.9. The van der Waals surface area contributed by atoms with E-state index in [-0.39, 0.29) is 12.1 Å². The zero-order chi connectivity index (χ0) is 12.0. The minimum atomic E-state index is -0.395. The zero-order valence-corrected chi connectivity index (χ0v) is 10.1. The van der Waals surface area contributed by atoms with Crippen LogP contribution in [0.5, 0.6) is 0 Å². The number of carbonyl (C=O) groups is 2. The largest absolute Gasteiger partial charge is 0.461 e. The summed E-state index contributed by atoms with van der Waals surface area (Å²) in [6.07, 6.45) is 5.46. The molecule has 0 saturated heterocycles. The maximum atomic E-state index is 11.9. The first-order valence-electron chi connectivity index (χ1n) is 6.14. The van der Waals surface area contributed by atoms with E-state index in [0.717, 1.165) is 32.1 Å².